The van der Waals surface area contributed by atoms with Crippen molar-refractivity contribution in [3.05, 3.63) is 49.0 Å². The molecule has 0 saturated heterocycles. The zero-order valence-electron chi connectivity index (χ0n) is 9.34. The molecule has 1 aromatic carbocycles. The van der Waals surface area contributed by atoms with Crippen LogP contribution < -0.4 is 10.2 Å². The number of hydrogen-bond acceptors (Lipinski definition) is 3. The number of H-pyrrole nitrogens is 1. The summed E-state index contributed by atoms with van der Waals surface area (Å²) in [4.78, 5) is 13.4. The van der Waals surface area contributed by atoms with Crippen LogP contribution in [0.25, 0.3) is 0 Å². The van der Waals surface area contributed by atoms with Crippen LogP contribution in [0.1, 0.15) is 11.3 Å². The van der Waals surface area contributed by atoms with Crippen molar-refractivity contribution in [1.29, 1.82) is 0 Å². The average molecular weight is 353 g/mol. The predicted molar refractivity (Wildman–Crippen MR) is 71.4 cm³/mol. The third-order valence-corrected chi connectivity index (χ3v) is 3.71. The van der Waals surface area contributed by atoms with E-state index < -0.39 is 11.7 Å². The molecule has 0 aliphatic carbocycles. The van der Waals surface area contributed by atoms with Crippen molar-refractivity contribution < 1.29 is 13.2 Å². The van der Waals surface area contributed by atoms with Gasteiger partial charge in [-0.3, -0.25) is 4.79 Å². The minimum atomic E-state index is -4.36. The van der Waals surface area contributed by atoms with Crippen molar-refractivity contribution >= 4 is 33.0 Å². The Morgan fingerprint density at radius 3 is 2.63 bits per heavy atom. The molecular weight excluding hydrogens is 345 g/mol. The summed E-state index contributed by atoms with van der Waals surface area (Å²) in [5.74, 6) is 0. The van der Waals surface area contributed by atoms with Crippen LogP contribution in [0, 0.1) is 0 Å². The van der Waals surface area contributed by atoms with Crippen LogP contribution in [0.3, 0.4) is 0 Å². The maximum atomic E-state index is 12.5. The summed E-state index contributed by atoms with van der Waals surface area (Å²) >= 11 is 4.12. The Hall–Kier alpha value is -1.28. The van der Waals surface area contributed by atoms with Crippen molar-refractivity contribution in [3.63, 3.8) is 0 Å². The second-order valence-electron chi connectivity index (χ2n) is 3.72. The van der Waals surface area contributed by atoms with E-state index in [1.807, 2.05) is 0 Å². The molecule has 0 spiro atoms. The van der Waals surface area contributed by atoms with E-state index in [4.69, 9.17) is 0 Å². The van der Waals surface area contributed by atoms with Crippen LogP contribution in [0.4, 0.5) is 18.9 Å². The van der Waals surface area contributed by atoms with Gasteiger partial charge in [0, 0.05) is 21.2 Å². The van der Waals surface area contributed by atoms with E-state index in [2.05, 4.69) is 26.2 Å². The van der Waals surface area contributed by atoms with Crippen molar-refractivity contribution in [2.75, 3.05) is 5.32 Å². The van der Waals surface area contributed by atoms with Crippen LogP contribution >= 0.6 is 27.3 Å². The first kappa shape index (κ1) is 14.1. The van der Waals surface area contributed by atoms with Gasteiger partial charge in [-0.25, -0.2) is 0 Å². The number of benzene rings is 1. The average Bonchev–Trinajstić information content (AvgIpc) is 2.72. The zero-order valence-corrected chi connectivity index (χ0v) is 11.7. The van der Waals surface area contributed by atoms with Gasteiger partial charge in [0.2, 0.25) is 0 Å². The second kappa shape index (κ2) is 5.38. The van der Waals surface area contributed by atoms with Crippen molar-refractivity contribution in [3.8, 4) is 0 Å². The van der Waals surface area contributed by atoms with Gasteiger partial charge < -0.3 is 10.3 Å². The molecular formula is C11H8BrF3N2OS. The van der Waals surface area contributed by atoms with Gasteiger partial charge in [0.05, 0.1) is 12.1 Å². The standard InChI is InChI=1S/C11H8BrF3N2OS/c12-8-3-6(11(13,14)15)1-2-9(8)16-4-7-5-19-10(18)17-7/h1-3,5,16H,4H2,(H,17,18). The van der Waals surface area contributed by atoms with E-state index in [0.29, 0.717) is 22.4 Å². The highest BCUT2D eigenvalue weighted by Gasteiger charge is 2.30. The van der Waals surface area contributed by atoms with Crippen molar-refractivity contribution in [2.24, 2.45) is 0 Å². The molecule has 0 atom stereocenters. The number of alkyl halides is 3. The smallest absolute Gasteiger partial charge is 0.379 e. The zero-order chi connectivity index (χ0) is 14.0. The Balaban J connectivity index is 2.11. The van der Waals surface area contributed by atoms with Crippen molar-refractivity contribution in [2.45, 2.75) is 12.7 Å². The summed E-state index contributed by atoms with van der Waals surface area (Å²) < 4.78 is 37.7. The quantitative estimate of drug-likeness (QED) is 0.881. The van der Waals surface area contributed by atoms with Gasteiger partial charge >= 0.3 is 11.0 Å². The molecule has 2 aromatic rings. The molecule has 2 rings (SSSR count). The lowest BCUT2D eigenvalue weighted by molar-refractivity contribution is -0.137. The number of hydrogen-bond donors (Lipinski definition) is 2. The molecule has 2 N–H and O–H groups in total. The molecule has 0 saturated carbocycles. The number of rotatable bonds is 3. The van der Waals surface area contributed by atoms with Gasteiger partial charge in [0.15, 0.2) is 0 Å². The van der Waals surface area contributed by atoms with Gasteiger partial charge in [0.25, 0.3) is 0 Å². The highest BCUT2D eigenvalue weighted by Crippen LogP contribution is 2.33. The minimum absolute atomic E-state index is 0.164. The first-order valence-electron chi connectivity index (χ1n) is 5.13. The molecule has 0 amide bonds. The predicted octanol–water partition coefficient (Wildman–Crippen LogP) is 3.83. The molecule has 1 heterocycles. The van der Waals surface area contributed by atoms with Gasteiger partial charge in [-0.2, -0.15) is 13.2 Å². The maximum absolute atomic E-state index is 12.5. The fourth-order valence-corrected chi connectivity index (χ4v) is 2.53. The first-order valence-corrected chi connectivity index (χ1v) is 6.81. The van der Waals surface area contributed by atoms with E-state index >= 15 is 0 Å². The summed E-state index contributed by atoms with van der Waals surface area (Å²) in [6.07, 6.45) is -4.36. The third kappa shape index (κ3) is 3.60. The molecule has 0 aliphatic heterocycles. The summed E-state index contributed by atoms with van der Waals surface area (Å²) in [6, 6.07) is 3.36. The normalized spacial score (nSPS) is 11.6. The molecule has 0 aliphatic rings. The monoisotopic (exact) mass is 352 g/mol. The molecule has 0 unspecified atom stereocenters. The second-order valence-corrected chi connectivity index (χ2v) is 5.42. The number of nitrogens with one attached hydrogen (secondary N) is 2. The van der Waals surface area contributed by atoms with Gasteiger partial charge in [-0.05, 0) is 34.1 Å². The van der Waals surface area contributed by atoms with E-state index in [-0.39, 0.29) is 4.87 Å². The topological polar surface area (TPSA) is 44.9 Å². The Morgan fingerprint density at radius 1 is 1.37 bits per heavy atom. The molecule has 0 fully saturated rings. The highest BCUT2D eigenvalue weighted by atomic mass is 79.9. The van der Waals surface area contributed by atoms with E-state index in [9.17, 15) is 18.0 Å². The van der Waals surface area contributed by atoms with Gasteiger partial charge in [-0.15, -0.1) is 0 Å². The summed E-state index contributed by atoms with van der Waals surface area (Å²) in [5, 5.41) is 4.60. The summed E-state index contributed by atoms with van der Waals surface area (Å²) in [6.45, 7) is 0.336. The molecule has 0 radical (unpaired) electrons. The molecule has 8 heteroatoms. The first-order chi connectivity index (χ1) is 8.86. The third-order valence-electron chi connectivity index (χ3n) is 2.34. The van der Waals surface area contributed by atoms with Crippen LogP contribution in [0.2, 0.25) is 0 Å². The molecule has 19 heavy (non-hydrogen) atoms. The Kier molecular flexibility index (Phi) is 4.00. The van der Waals surface area contributed by atoms with Crippen LogP contribution in [-0.2, 0) is 12.7 Å². The highest BCUT2D eigenvalue weighted by molar-refractivity contribution is 9.10. The summed E-state index contributed by atoms with van der Waals surface area (Å²) in [5.41, 5.74) is 0.496. The summed E-state index contributed by atoms with van der Waals surface area (Å²) in [7, 11) is 0. The fraction of sp³-hybridized carbons (Fsp3) is 0.182. The molecule has 102 valence electrons. The van der Waals surface area contributed by atoms with Crippen molar-refractivity contribution in [1.82, 2.24) is 4.98 Å². The number of halogens is 4. The SMILES string of the molecule is O=c1[nH]c(CNc2ccc(C(F)(F)F)cc2Br)cs1. The van der Waals surface area contributed by atoms with E-state index in [0.717, 1.165) is 23.5 Å². The maximum Gasteiger partial charge on any atom is 0.416 e. The van der Waals surface area contributed by atoms with E-state index in [1.54, 1.807) is 5.38 Å². The molecule has 1 aromatic heterocycles. The van der Waals surface area contributed by atoms with Crippen LogP contribution in [0.15, 0.2) is 32.8 Å². The lowest BCUT2D eigenvalue weighted by Crippen LogP contribution is -2.07. The number of aromatic amines is 1. The largest absolute Gasteiger partial charge is 0.416 e. The van der Waals surface area contributed by atoms with Crippen LogP contribution in [0.5, 0.6) is 0 Å². The molecule has 0 bridgehead atoms. The number of anilines is 1. The lowest BCUT2D eigenvalue weighted by Gasteiger charge is -2.11. The number of thiazole rings is 1. The Bertz CT molecular complexity index is 635. The lowest BCUT2D eigenvalue weighted by atomic mass is 10.2. The Morgan fingerprint density at radius 2 is 2.11 bits per heavy atom. The minimum Gasteiger partial charge on any atom is -0.379 e. The van der Waals surface area contributed by atoms with Crippen LogP contribution in [-0.4, -0.2) is 4.98 Å². The molecule has 3 nitrogen and oxygen atoms in total. The van der Waals surface area contributed by atoms with Gasteiger partial charge in [-0.1, -0.05) is 11.3 Å². The van der Waals surface area contributed by atoms with E-state index in [1.165, 1.54) is 6.07 Å². The fourth-order valence-electron chi connectivity index (χ4n) is 1.43. The Labute approximate surface area is 118 Å². The number of aromatic nitrogens is 1. The van der Waals surface area contributed by atoms with Gasteiger partial charge in [0.1, 0.15) is 0 Å².